The summed E-state index contributed by atoms with van der Waals surface area (Å²) >= 11 is 0. The van der Waals surface area contributed by atoms with E-state index in [1.807, 2.05) is 12.1 Å². The number of rotatable bonds is 6. The van der Waals surface area contributed by atoms with Gasteiger partial charge in [0.05, 0.1) is 12.8 Å². The first-order chi connectivity index (χ1) is 14.3. The molecule has 2 heterocycles. The summed E-state index contributed by atoms with van der Waals surface area (Å²) in [5, 5.41) is 9.06. The van der Waals surface area contributed by atoms with Crippen molar-refractivity contribution in [2.45, 2.75) is 25.2 Å². The van der Waals surface area contributed by atoms with Gasteiger partial charge >= 0.3 is 6.18 Å². The number of hydrogen-bond donors (Lipinski definition) is 3. The van der Waals surface area contributed by atoms with E-state index in [1.165, 1.54) is 11.2 Å². The van der Waals surface area contributed by atoms with Crippen molar-refractivity contribution in [2.24, 2.45) is 4.99 Å². The number of likely N-dealkylation sites (tertiary alicyclic amines) is 1. The van der Waals surface area contributed by atoms with Gasteiger partial charge in [-0.2, -0.15) is 13.2 Å². The van der Waals surface area contributed by atoms with Gasteiger partial charge in [0.25, 0.3) is 5.91 Å². The molecule has 0 aliphatic carbocycles. The monoisotopic (exact) mass is 551 g/mol. The number of hydrogen-bond acceptors (Lipinski definition) is 4. The van der Waals surface area contributed by atoms with Crippen LogP contribution in [0.5, 0.6) is 0 Å². The number of anilines is 1. The van der Waals surface area contributed by atoms with E-state index in [1.54, 1.807) is 31.3 Å². The zero-order valence-corrected chi connectivity index (χ0v) is 19.2. The molecule has 3 N–H and O–H groups in total. The summed E-state index contributed by atoms with van der Waals surface area (Å²) in [5.41, 5.74) is 1.59. The van der Waals surface area contributed by atoms with Crippen molar-refractivity contribution < 1.29 is 22.4 Å². The van der Waals surface area contributed by atoms with Crippen LogP contribution in [0.15, 0.2) is 52.1 Å². The van der Waals surface area contributed by atoms with Gasteiger partial charge in [-0.1, -0.05) is 12.1 Å². The van der Waals surface area contributed by atoms with Crippen LogP contribution in [0.3, 0.4) is 0 Å². The quantitative estimate of drug-likeness (QED) is 0.291. The average Bonchev–Trinajstić information content (AvgIpc) is 3.37. The number of furan rings is 1. The minimum atomic E-state index is -4.18. The van der Waals surface area contributed by atoms with E-state index in [2.05, 4.69) is 20.9 Å². The zero-order chi connectivity index (χ0) is 21.6. The van der Waals surface area contributed by atoms with Crippen LogP contribution in [0.1, 0.15) is 22.5 Å². The molecule has 1 amide bonds. The fourth-order valence-electron chi connectivity index (χ4n) is 3.23. The number of carbonyl (C=O) groups is 1. The molecule has 31 heavy (non-hydrogen) atoms. The second kappa shape index (κ2) is 11.4. The number of aliphatic imine (C=N–C) groups is 1. The van der Waals surface area contributed by atoms with Crippen molar-refractivity contribution >= 4 is 41.5 Å². The van der Waals surface area contributed by atoms with Crippen molar-refractivity contribution in [1.29, 1.82) is 0 Å². The first-order valence-corrected chi connectivity index (χ1v) is 9.52. The molecule has 1 aliphatic heterocycles. The topological polar surface area (TPSA) is 81.9 Å². The maximum Gasteiger partial charge on any atom is 0.401 e. The number of nitrogens with one attached hydrogen (secondary N) is 3. The highest BCUT2D eigenvalue weighted by molar-refractivity contribution is 14.0. The van der Waals surface area contributed by atoms with Gasteiger partial charge in [0.2, 0.25) is 0 Å². The summed E-state index contributed by atoms with van der Waals surface area (Å²) in [6.45, 7) is 0.314. The number of nitrogens with zero attached hydrogens (tertiary/aromatic N) is 2. The second-order valence-corrected chi connectivity index (χ2v) is 7.03. The number of carbonyl (C=O) groups excluding carboxylic acids is 1. The summed E-state index contributed by atoms with van der Waals surface area (Å²) in [4.78, 5) is 17.5. The summed E-state index contributed by atoms with van der Waals surface area (Å²) in [7, 11) is 1.62. The first kappa shape index (κ1) is 25.0. The summed E-state index contributed by atoms with van der Waals surface area (Å²) in [6, 6.07) is 10.4. The van der Waals surface area contributed by atoms with Crippen LogP contribution in [-0.2, 0) is 6.54 Å². The molecule has 0 spiro atoms. The molecule has 11 heteroatoms. The third-order valence-corrected chi connectivity index (χ3v) is 4.66. The molecule has 1 aliphatic rings. The summed E-state index contributed by atoms with van der Waals surface area (Å²) < 4.78 is 42.6. The number of benzene rings is 1. The van der Waals surface area contributed by atoms with Gasteiger partial charge < -0.3 is 20.4 Å². The fraction of sp³-hybridized carbons (Fsp3) is 0.400. The Bertz CT molecular complexity index is 857. The molecule has 7 nitrogen and oxygen atoms in total. The highest BCUT2D eigenvalue weighted by atomic mass is 127. The molecular formula is C20H25F3IN5O2. The van der Waals surface area contributed by atoms with E-state index in [4.69, 9.17) is 4.42 Å². The number of alkyl halides is 3. The number of amides is 1. The van der Waals surface area contributed by atoms with Gasteiger partial charge in [0.1, 0.15) is 0 Å². The molecule has 170 valence electrons. The lowest BCUT2D eigenvalue weighted by Gasteiger charge is -2.20. The standard InChI is InChI=1S/C20H24F3N5O2.HI/c1-24-19(27-16-8-9-28(12-16)13-20(21,22)23)25-11-14-4-6-15(7-5-14)26-18(29)17-3-2-10-30-17;/h2-7,10,16H,8-9,11-13H2,1H3,(H,26,29)(H2,24,25,27);1H. The van der Waals surface area contributed by atoms with Crippen molar-refractivity contribution in [3.8, 4) is 0 Å². The van der Waals surface area contributed by atoms with Crippen molar-refractivity contribution in [1.82, 2.24) is 15.5 Å². The van der Waals surface area contributed by atoms with Crippen LogP contribution in [0.4, 0.5) is 18.9 Å². The smallest absolute Gasteiger partial charge is 0.401 e. The maximum absolute atomic E-state index is 12.5. The van der Waals surface area contributed by atoms with Crippen LogP contribution >= 0.6 is 24.0 Å². The normalized spacial score (nSPS) is 17.2. The molecule has 1 unspecified atom stereocenters. The van der Waals surface area contributed by atoms with Crippen molar-refractivity contribution in [3.05, 3.63) is 54.0 Å². The second-order valence-electron chi connectivity index (χ2n) is 7.03. The Hall–Kier alpha value is -2.28. The summed E-state index contributed by atoms with van der Waals surface area (Å²) in [6.07, 6.45) is -2.12. The van der Waals surface area contributed by atoms with Gasteiger partial charge in [0, 0.05) is 38.4 Å². The Kier molecular flexibility index (Phi) is 9.16. The largest absolute Gasteiger partial charge is 0.459 e. The minimum Gasteiger partial charge on any atom is -0.459 e. The Labute approximate surface area is 195 Å². The van der Waals surface area contributed by atoms with E-state index in [0.717, 1.165) is 5.56 Å². The molecule has 0 radical (unpaired) electrons. The van der Waals surface area contributed by atoms with Crippen LogP contribution in [0.2, 0.25) is 0 Å². The third-order valence-electron chi connectivity index (χ3n) is 4.66. The first-order valence-electron chi connectivity index (χ1n) is 9.52. The molecule has 1 aromatic heterocycles. The lowest BCUT2D eigenvalue weighted by atomic mass is 10.2. The Balaban J connectivity index is 0.00000341. The highest BCUT2D eigenvalue weighted by Crippen LogP contribution is 2.20. The van der Waals surface area contributed by atoms with Gasteiger partial charge in [-0.25, -0.2) is 0 Å². The van der Waals surface area contributed by atoms with Crippen LogP contribution in [0.25, 0.3) is 0 Å². The molecule has 1 fully saturated rings. The SMILES string of the molecule is CN=C(NCc1ccc(NC(=O)c2ccco2)cc1)NC1CCN(CC(F)(F)F)C1.I. The number of guanidine groups is 1. The van der Waals surface area contributed by atoms with Gasteiger partial charge in [-0.15, -0.1) is 24.0 Å². The van der Waals surface area contributed by atoms with E-state index in [9.17, 15) is 18.0 Å². The predicted molar refractivity (Wildman–Crippen MR) is 123 cm³/mol. The maximum atomic E-state index is 12.5. The van der Waals surface area contributed by atoms with Crippen LogP contribution in [-0.4, -0.2) is 55.7 Å². The van der Waals surface area contributed by atoms with Gasteiger partial charge in [-0.05, 0) is 36.2 Å². The lowest BCUT2D eigenvalue weighted by molar-refractivity contribution is -0.143. The third kappa shape index (κ3) is 8.05. The van der Waals surface area contributed by atoms with Crippen molar-refractivity contribution in [3.63, 3.8) is 0 Å². The van der Waals surface area contributed by atoms with Gasteiger partial charge in [-0.3, -0.25) is 14.7 Å². The molecule has 3 rings (SSSR count). The van der Waals surface area contributed by atoms with E-state index < -0.39 is 12.7 Å². The van der Waals surface area contributed by atoms with E-state index in [0.29, 0.717) is 37.7 Å². The number of halogens is 4. The highest BCUT2D eigenvalue weighted by Gasteiger charge is 2.34. The van der Waals surface area contributed by atoms with Crippen LogP contribution in [0, 0.1) is 0 Å². The molecule has 0 bridgehead atoms. The molecule has 1 atom stereocenters. The molecular weight excluding hydrogens is 526 g/mol. The molecule has 1 saturated heterocycles. The Morgan fingerprint density at radius 1 is 1.26 bits per heavy atom. The van der Waals surface area contributed by atoms with Crippen LogP contribution < -0.4 is 16.0 Å². The molecule has 1 aromatic carbocycles. The summed E-state index contributed by atoms with van der Waals surface area (Å²) in [5.74, 6) is 0.437. The predicted octanol–water partition coefficient (Wildman–Crippen LogP) is 3.45. The van der Waals surface area contributed by atoms with E-state index >= 15 is 0 Å². The Morgan fingerprint density at radius 2 is 2.00 bits per heavy atom. The lowest BCUT2D eigenvalue weighted by Crippen LogP contribution is -2.44. The molecule has 2 aromatic rings. The Morgan fingerprint density at radius 3 is 2.61 bits per heavy atom. The fourth-order valence-corrected chi connectivity index (χ4v) is 3.23. The minimum absolute atomic E-state index is 0. The zero-order valence-electron chi connectivity index (χ0n) is 16.9. The molecule has 0 saturated carbocycles. The average molecular weight is 551 g/mol. The van der Waals surface area contributed by atoms with E-state index in [-0.39, 0.29) is 41.7 Å². The van der Waals surface area contributed by atoms with Crippen molar-refractivity contribution in [2.75, 3.05) is 32.0 Å². The van der Waals surface area contributed by atoms with Gasteiger partial charge in [0.15, 0.2) is 11.7 Å².